The van der Waals surface area contributed by atoms with Crippen LogP contribution in [0.2, 0.25) is 0 Å². The van der Waals surface area contributed by atoms with Crippen LogP contribution >= 0.6 is 0 Å². The minimum Gasteiger partial charge on any atom is -0.326 e. The normalized spacial score (nSPS) is 20.7. The molecule has 0 aromatic heterocycles. The van der Waals surface area contributed by atoms with Gasteiger partial charge in [-0.25, -0.2) is 0 Å². The summed E-state index contributed by atoms with van der Waals surface area (Å²) in [5.74, 6) is 0.647. The van der Waals surface area contributed by atoms with Crippen LogP contribution in [0.5, 0.6) is 0 Å². The molecule has 3 nitrogen and oxygen atoms in total. The van der Waals surface area contributed by atoms with Crippen LogP contribution in [0.25, 0.3) is 0 Å². The number of hydrogen-bond acceptors (Lipinski definition) is 2. The Bertz CT molecular complexity index is 399. The third-order valence-corrected chi connectivity index (χ3v) is 3.53. The van der Waals surface area contributed by atoms with Gasteiger partial charge in [0.05, 0.1) is 0 Å². The average Bonchev–Trinajstić information content (AvgIpc) is 2.32. The van der Waals surface area contributed by atoms with Gasteiger partial charge >= 0.3 is 0 Å². The van der Waals surface area contributed by atoms with Gasteiger partial charge in [-0.15, -0.1) is 0 Å². The topological polar surface area (TPSA) is 32.3 Å². The van der Waals surface area contributed by atoms with Crippen LogP contribution in [-0.4, -0.2) is 30.9 Å². The Kier molecular flexibility index (Phi) is 4.37. The first-order chi connectivity index (χ1) is 8.63. The lowest BCUT2D eigenvalue weighted by Crippen LogP contribution is -2.34. The molecule has 1 aliphatic rings. The van der Waals surface area contributed by atoms with Crippen molar-refractivity contribution >= 4 is 11.6 Å². The fourth-order valence-electron chi connectivity index (χ4n) is 2.55. The molecule has 1 saturated heterocycles. The van der Waals surface area contributed by atoms with E-state index in [1.54, 1.807) is 0 Å². The first-order valence-electron chi connectivity index (χ1n) is 6.68. The molecule has 1 unspecified atom stereocenters. The predicted molar refractivity (Wildman–Crippen MR) is 74.6 cm³/mol. The molecule has 1 fully saturated rings. The molecule has 0 bridgehead atoms. The van der Waals surface area contributed by atoms with E-state index in [2.05, 4.69) is 17.3 Å². The molecule has 3 heteroatoms. The molecule has 0 radical (unpaired) electrons. The van der Waals surface area contributed by atoms with E-state index in [4.69, 9.17) is 0 Å². The number of likely N-dealkylation sites (tertiary alicyclic amines) is 1. The zero-order chi connectivity index (χ0) is 13.0. The molecule has 1 aromatic carbocycles. The van der Waals surface area contributed by atoms with Crippen molar-refractivity contribution in [2.24, 2.45) is 5.92 Å². The second-order valence-corrected chi connectivity index (χ2v) is 5.39. The smallest absolute Gasteiger partial charge is 0.224 e. The molecule has 1 aliphatic heterocycles. The van der Waals surface area contributed by atoms with Gasteiger partial charge in [-0.05, 0) is 51.4 Å². The number of nitrogens with one attached hydrogen (secondary N) is 1. The first-order valence-corrected chi connectivity index (χ1v) is 6.68. The summed E-state index contributed by atoms with van der Waals surface area (Å²) in [5.41, 5.74) is 2.11. The molecule has 1 heterocycles. The molecular weight excluding hydrogens is 224 g/mol. The summed E-state index contributed by atoms with van der Waals surface area (Å²) in [6, 6.07) is 7.95. The van der Waals surface area contributed by atoms with Crippen LogP contribution in [0, 0.1) is 12.8 Å². The number of nitrogens with zero attached hydrogens (tertiary/aromatic N) is 1. The summed E-state index contributed by atoms with van der Waals surface area (Å²) in [4.78, 5) is 14.3. The Labute approximate surface area is 109 Å². The van der Waals surface area contributed by atoms with Gasteiger partial charge in [-0.3, -0.25) is 4.79 Å². The number of rotatable bonds is 3. The van der Waals surface area contributed by atoms with Crippen LogP contribution in [0.15, 0.2) is 24.3 Å². The highest BCUT2D eigenvalue weighted by Gasteiger charge is 2.19. The number of benzene rings is 1. The lowest BCUT2D eigenvalue weighted by atomic mass is 9.95. The van der Waals surface area contributed by atoms with E-state index in [1.807, 2.05) is 31.2 Å². The third kappa shape index (κ3) is 3.84. The molecule has 0 saturated carbocycles. The molecule has 98 valence electrons. The minimum absolute atomic E-state index is 0.138. The first kappa shape index (κ1) is 13.1. The standard InChI is InChI=1S/C15H22N2O/c1-12-5-7-14(8-6-12)16-15(18)10-13-4-3-9-17(2)11-13/h5-8,13H,3-4,9-11H2,1-2H3,(H,16,18). The number of anilines is 1. The van der Waals surface area contributed by atoms with Gasteiger partial charge in [0.2, 0.25) is 5.91 Å². The van der Waals surface area contributed by atoms with Crippen LogP contribution in [0.4, 0.5) is 5.69 Å². The summed E-state index contributed by atoms with van der Waals surface area (Å²) < 4.78 is 0. The summed E-state index contributed by atoms with van der Waals surface area (Å²) >= 11 is 0. The van der Waals surface area contributed by atoms with Gasteiger partial charge in [0.25, 0.3) is 0 Å². The average molecular weight is 246 g/mol. The van der Waals surface area contributed by atoms with Crippen molar-refractivity contribution in [3.63, 3.8) is 0 Å². The molecular formula is C15H22N2O. The Morgan fingerprint density at radius 1 is 1.39 bits per heavy atom. The van der Waals surface area contributed by atoms with Crippen molar-refractivity contribution in [2.45, 2.75) is 26.2 Å². The monoisotopic (exact) mass is 246 g/mol. The Hall–Kier alpha value is -1.35. The van der Waals surface area contributed by atoms with E-state index in [1.165, 1.54) is 18.4 Å². The lowest BCUT2D eigenvalue weighted by molar-refractivity contribution is -0.117. The fraction of sp³-hybridized carbons (Fsp3) is 0.533. The molecule has 1 atom stereocenters. The number of hydrogen-bond donors (Lipinski definition) is 1. The van der Waals surface area contributed by atoms with Crippen molar-refractivity contribution in [1.82, 2.24) is 4.90 Å². The van der Waals surface area contributed by atoms with Gasteiger partial charge in [0, 0.05) is 18.7 Å². The quantitative estimate of drug-likeness (QED) is 0.889. The number of piperidine rings is 1. The second-order valence-electron chi connectivity index (χ2n) is 5.39. The van der Waals surface area contributed by atoms with Crippen LogP contribution in [0.3, 0.4) is 0 Å². The summed E-state index contributed by atoms with van der Waals surface area (Å²) in [7, 11) is 2.13. The fourth-order valence-corrected chi connectivity index (χ4v) is 2.55. The maximum absolute atomic E-state index is 11.9. The van der Waals surface area contributed by atoms with E-state index in [0.29, 0.717) is 12.3 Å². The Balaban J connectivity index is 1.83. The van der Waals surface area contributed by atoms with E-state index in [-0.39, 0.29) is 5.91 Å². The molecule has 0 aliphatic carbocycles. The molecule has 18 heavy (non-hydrogen) atoms. The van der Waals surface area contributed by atoms with Crippen molar-refractivity contribution < 1.29 is 4.79 Å². The van der Waals surface area contributed by atoms with Gasteiger partial charge < -0.3 is 10.2 Å². The van der Waals surface area contributed by atoms with Gasteiger partial charge in [-0.2, -0.15) is 0 Å². The number of aryl methyl sites for hydroxylation is 1. The van der Waals surface area contributed by atoms with E-state index >= 15 is 0 Å². The van der Waals surface area contributed by atoms with Crippen molar-refractivity contribution in [3.8, 4) is 0 Å². The van der Waals surface area contributed by atoms with Gasteiger partial charge in [-0.1, -0.05) is 17.7 Å². The van der Waals surface area contributed by atoms with Crippen LogP contribution in [-0.2, 0) is 4.79 Å². The maximum atomic E-state index is 11.9. The molecule has 1 aromatic rings. The van der Waals surface area contributed by atoms with Crippen LogP contribution < -0.4 is 5.32 Å². The number of carbonyl (C=O) groups excluding carboxylic acids is 1. The van der Waals surface area contributed by atoms with Gasteiger partial charge in [0.15, 0.2) is 0 Å². The summed E-state index contributed by atoms with van der Waals surface area (Å²) in [6.45, 7) is 4.25. The van der Waals surface area contributed by atoms with E-state index in [9.17, 15) is 4.79 Å². The van der Waals surface area contributed by atoms with E-state index < -0.39 is 0 Å². The van der Waals surface area contributed by atoms with E-state index in [0.717, 1.165) is 18.8 Å². The van der Waals surface area contributed by atoms with Crippen LogP contribution in [0.1, 0.15) is 24.8 Å². The highest BCUT2D eigenvalue weighted by molar-refractivity contribution is 5.90. The van der Waals surface area contributed by atoms with Crippen molar-refractivity contribution in [1.29, 1.82) is 0 Å². The Morgan fingerprint density at radius 2 is 2.11 bits per heavy atom. The highest BCUT2D eigenvalue weighted by atomic mass is 16.1. The van der Waals surface area contributed by atoms with Gasteiger partial charge in [0.1, 0.15) is 0 Å². The largest absolute Gasteiger partial charge is 0.326 e. The summed E-state index contributed by atoms with van der Waals surface area (Å²) in [5, 5.41) is 2.97. The number of amides is 1. The minimum atomic E-state index is 0.138. The third-order valence-electron chi connectivity index (χ3n) is 3.53. The highest BCUT2D eigenvalue weighted by Crippen LogP contribution is 2.19. The second kappa shape index (κ2) is 6.01. The molecule has 2 rings (SSSR count). The SMILES string of the molecule is Cc1ccc(NC(=O)CC2CCCN(C)C2)cc1. The zero-order valence-electron chi connectivity index (χ0n) is 11.3. The summed E-state index contributed by atoms with van der Waals surface area (Å²) in [6.07, 6.45) is 3.02. The lowest BCUT2D eigenvalue weighted by Gasteiger charge is -2.29. The molecule has 1 amide bonds. The predicted octanol–water partition coefficient (Wildman–Crippen LogP) is 2.67. The zero-order valence-corrected chi connectivity index (χ0v) is 11.3. The van der Waals surface area contributed by atoms with Crippen molar-refractivity contribution in [2.75, 3.05) is 25.5 Å². The van der Waals surface area contributed by atoms with Crippen molar-refractivity contribution in [3.05, 3.63) is 29.8 Å². The number of carbonyl (C=O) groups is 1. The Morgan fingerprint density at radius 3 is 2.78 bits per heavy atom. The molecule has 1 N–H and O–H groups in total. The molecule has 0 spiro atoms. The maximum Gasteiger partial charge on any atom is 0.224 e.